The second-order valence-electron chi connectivity index (χ2n) is 3.74. The van der Waals surface area contributed by atoms with Gasteiger partial charge in [-0.25, -0.2) is 4.79 Å². The summed E-state index contributed by atoms with van der Waals surface area (Å²) in [4.78, 5) is 17.5. The Morgan fingerprint density at radius 2 is 2.33 bits per heavy atom. The molecule has 4 N–H and O–H groups in total. The molecule has 0 unspecified atom stereocenters. The maximum atomic E-state index is 11.1. The molecule has 84 valence electrons. The second-order valence-corrected chi connectivity index (χ2v) is 3.74. The standard InChI is InChI=1S/C10H18N4O/c1-7(2)9-8(12-5-3-4-11)6-13-10(15)14-9/h6-7,12H,3-5,11H2,1-2H3,(H,13,14,15). The zero-order valence-corrected chi connectivity index (χ0v) is 9.21. The summed E-state index contributed by atoms with van der Waals surface area (Å²) in [5.74, 6) is 0.265. The van der Waals surface area contributed by atoms with Gasteiger partial charge in [-0.3, -0.25) is 0 Å². The molecule has 0 spiro atoms. The van der Waals surface area contributed by atoms with Crippen molar-refractivity contribution in [1.29, 1.82) is 0 Å². The quantitative estimate of drug-likeness (QED) is 0.623. The van der Waals surface area contributed by atoms with Crippen LogP contribution in [0.4, 0.5) is 5.69 Å². The number of hydrogen-bond acceptors (Lipinski definition) is 4. The van der Waals surface area contributed by atoms with Gasteiger partial charge in [0.2, 0.25) is 0 Å². The van der Waals surface area contributed by atoms with Gasteiger partial charge in [-0.2, -0.15) is 4.98 Å². The molecule has 0 bridgehead atoms. The lowest BCUT2D eigenvalue weighted by molar-refractivity contribution is 0.796. The van der Waals surface area contributed by atoms with Gasteiger partial charge in [0.25, 0.3) is 0 Å². The summed E-state index contributed by atoms with van der Waals surface area (Å²) in [6.45, 7) is 5.50. The number of aromatic nitrogens is 2. The summed E-state index contributed by atoms with van der Waals surface area (Å²) in [7, 11) is 0. The SMILES string of the molecule is CC(C)c1[nH]c(=O)ncc1NCCCN. The van der Waals surface area contributed by atoms with Crippen LogP contribution in [-0.2, 0) is 0 Å². The van der Waals surface area contributed by atoms with Crippen molar-refractivity contribution in [2.75, 3.05) is 18.4 Å². The van der Waals surface area contributed by atoms with Crippen LogP contribution in [0.1, 0.15) is 31.9 Å². The van der Waals surface area contributed by atoms with Crippen molar-refractivity contribution < 1.29 is 0 Å². The first kappa shape index (κ1) is 11.7. The summed E-state index contributed by atoms with van der Waals surface area (Å²) in [6.07, 6.45) is 2.47. The van der Waals surface area contributed by atoms with Gasteiger partial charge in [0.1, 0.15) is 0 Å². The molecule has 0 saturated heterocycles. The van der Waals surface area contributed by atoms with E-state index in [9.17, 15) is 4.79 Å². The Bertz CT molecular complexity index is 359. The van der Waals surface area contributed by atoms with E-state index in [1.54, 1.807) is 6.20 Å². The number of H-pyrrole nitrogens is 1. The monoisotopic (exact) mass is 210 g/mol. The van der Waals surface area contributed by atoms with Crippen molar-refractivity contribution >= 4 is 5.69 Å². The van der Waals surface area contributed by atoms with Crippen LogP contribution >= 0.6 is 0 Å². The fourth-order valence-electron chi connectivity index (χ4n) is 1.33. The average molecular weight is 210 g/mol. The van der Waals surface area contributed by atoms with Crippen molar-refractivity contribution in [1.82, 2.24) is 9.97 Å². The first-order valence-corrected chi connectivity index (χ1v) is 5.18. The third kappa shape index (κ3) is 3.36. The van der Waals surface area contributed by atoms with Gasteiger partial charge in [0.05, 0.1) is 11.9 Å². The van der Waals surface area contributed by atoms with Crippen LogP contribution < -0.4 is 16.7 Å². The van der Waals surface area contributed by atoms with E-state index in [0.29, 0.717) is 6.54 Å². The van der Waals surface area contributed by atoms with Gasteiger partial charge in [-0.15, -0.1) is 0 Å². The molecule has 1 aromatic rings. The minimum absolute atomic E-state index is 0.265. The number of nitrogens with one attached hydrogen (secondary N) is 2. The van der Waals surface area contributed by atoms with Crippen molar-refractivity contribution in [3.05, 3.63) is 22.4 Å². The van der Waals surface area contributed by atoms with E-state index in [1.807, 2.05) is 13.8 Å². The van der Waals surface area contributed by atoms with Crippen LogP contribution in [0.5, 0.6) is 0 Å². The van der Waals surface area contributed by atoms with Gasteiger partial charge >= 0.3 is 5.69 Å². The van der Waals surface area contributed by atoms with Crippen LogP contribution in [0.25, 0.3) is 0 Å². The zero-order valence-electron chi connectivity index (χ0n) is 9.21. The Hall–Kier alpha value is -1.36. The Morgan fingerprint density at radius 1 is 1.60 bits per heavy atom. The third-order valence-electron chi connectivity index (χ3n) is 2.12. The first-order valence-electron chi connectivity index (χ1n) is 5.18. The van der Waals surface area contributed by atoms with Crippen LogP contribution in [0, 0.1) is 0 Å². The summed E-state index contributed by atoms with van der Waals surface area (Å²) in [5, 5.41) is 3.21. The van der Waals surface area contributed by atoms with Crippen molar-refractivity contribution in [3.8, 4) is 0 Å². The number of nitrogens with two attached hydrogens (primary N) is 1. The molecule has 0 saturated carbocycles. The fourth-order valence-corrected chi connectivity index (χ4v) is 1.33. The number of nitrogens with zero attached hydrogens (tertiary/aromatic N) is 1. The van der Waals surface area contributed by atoms with Crippen LogP contribution in [0.2, 0.25) is 0 Å². The van der Waals surface area contributed by atoms with Crippen LogP contribution in [-0.4, -0.2) is 23.1 Å². The normalized spacial score (nSPS) is 10.7. The van der Waals surface area contributed by atoms with E-state index in [2.05, 4.69) is 15.3 Å². The lowest BCUT2D eigenvalue weighted by atomic mass is 10.1. The van der Waals surface area contributed by atoms with E-state index < -0.39 is 0 Å². The molecule has 0 aliphatic heterocycles. The van der Waals surface area contributed by atoms with Crippen molar-refractivity contribution in [2.24, 2.45) is 5.73 Å². The predicted octanol–water partition coefficient (Wildman–Crippen LogP) is 0.654. The molecule has 0 fully saturated rings. The molecule has 5 heteroatoms. The molecule has 0 amide bonds. The Balaban J connectivity index is 2.81. The van der Waals surface area contributed by atoms with Gasteiger partial charge in [0.15, 0.2) is 0 Å². The molecule has 0 aliphatic carbocycles. The Morgan fingerprint density at radius 3 is 2.93 bits per heavy atom. The number of aromatic amines is 1. The van der Waals surface area contributed by atoms with Crippen LogP contribution in [0.15, 0.2) is 11.0 Å². The molecular formula is C10H18N4O. The highest BCUT2D eigenvalue weighted by atomic mass is 16.1. The highest BCUT2D eigenvalue weighted by Crippen LogP contribution is 2.18. The zero-order chi connectivity index (χ0) is 11.3. The van der Waals surface area contributed by atoms with E-state index in [-0.39, 0.29) is 11.6 Å². The summed E-state index contributed by atoms with van der Waals surface area (Å²) < 4.78 is 0. The Labute approximate surface area is 89.1 Å². The largest absolute Gasteiger partial charge is 0.382 e. The number of rotatable bonds is 5. The molecule has 15 heavy (non-hydrogen) atoms. The van der Waals surface area contributed by atoms with E-state index in [0.717, 1.165) is 24.3 Å². The van der Waals surface area contributed by atoms with Gasteiger partial charge in [-0.1, -0.05) is 13.8 Å². The topological polar surface area (TPSA) is 83.8 Å². The van der Waals surface area contributed by atoms with Crippen molar-refractivity contribution in [3.63, 3.8) is 0 Å². The van der Waals surface area contributed by atoms with E-state index in [4.69, 9.17) is 5.73 Å². The highest BCUT2D eigenvalue weighted by molar-refractivity contribution is 5.46. The molecule has 0 aromatic carbocycles. The minimum Gasteiger partial charge on any atom is -0.382 e. The summed E-state index contributed by atoms with van der Waals surface area (Å²) in [5.41, 5.74) is 6.88. The number of anilines is 1. The maximum Gasteiger partial charge on any atom is 0.345 e. The van der Waals surface area contributed by atoms with Gasteiger partial charge in [0, 0.05) is 12.2 Å². The predicted molar refractivity (Wildman–Crippen MR) is 61.1 cm³/mol. The molecule has 1 aromatic heterocycles. The second kappa shape index (κ2) is 5.50. The minimum atomic E-state index is -0.303. The summed E-state index contributed by atoms with van der Waals surface area (Å²) >= 11 is 0. The molecule has 0 aliphatic rings. The van der Waals surface area contributed by atoms with E-state index in [1.165, 1.54) is 0 Å². The third-order valence-corrected chi connectivity index (χ3v) is 2.12. The highest BCUT2D eigenvalue weighted by Gasteiger charge is 2.07. The lowest BCUT2D eigenvalue weighted by Crippen LogP contribution is -2.17. The smallest absolute Gasteiger partial charge is 0.345 e. The van der Waals surface area contributed by atoms with Crippen LogP contribution in [0.3, 0.4) is 0 Å². The average Bonchev–Trinajstić information content (AvgIpc) is 2.20. The molecular weight excluding hydrogens is 192 g/mol. The Kier molecular flexibility index (Phi) is 4.30. The van der Waals surface area contributed by atoms with E-state index >= 15 is 0 Å². The molecule has 5 nitrogen and oxygen atoms in total. The molecule has 0 atom stereocenters. The molecule has 1 rings (SSSR count). The number of hydrogen-bond donors (Lipinski definition) is 3. The first-order chi connectivity index (χ1) is 7.15. The summed E-state index contributed by atoms with van der Waals surface area (Å²) in [6, 6.07) is 0. The lowest BCUT2D eigenvalue weighted by Gasteiger charge is -2.12. The van der Waals surface area contributed by atoms with Crippen molar-refractivity contribution in [2.45, 2.75) is 26.2 Å². The fraction of sp³-hybridized carbons (Fsp3) is 0.600. The molecule has 0 radical (unpaired) electrons. The maximum absolute atomic E-state index is 11.1. The molecule has 1 heterocycles. The van der Waals surface area contributed by atoms with Gasteiger partial charge < -0.3 is 16.0 Å². The van der Waals surface area contributed by atoms with Gasteiger partial charge in [-0.05, 0) is 18.9 Å².